The van der Waals surface area contributed by atoms with E-state index in [0.29, 0.717) is 6.07 Å². The van der Waals surface area contributed by atoms with Crippen LogP contribution in [0.3, 0.4) is 0 Å². The first-order chi connectivity index (χ1) is 8.88. The van der Waals surface area contributed by atoms with Crippen LogP contribution in [-0.4, -0.2) is 20.2 Å². The van der Waals surface area contributed by atoms with Gasteiger partial charge in [-0.05, 0) is 6.07 Å². The second-order valence-corrected chi connectivity index (χ2v) is 4.46. The fourth-order valence-corrected chi connectivity index (χ4v) is 1.81. The second-order valence-electron chi connectivity index (χ2n) is 3.25. The number of rotatable bonds is 2. The first kappa shape index (κ1) is 13.7. The van der Waals surface area contributed by atoms with Crippen molar-refractivity contribution >= 4 is 34.2 Å². The van der Waals surface area contributed by atoms with Crippen LogP contribution < -0.4 is 5.32 Å². The van der Waals surface area contributed by atoms with E-state index in [2.05, 4.69) is 19.7 Å². The molecule has 0 radical (unpaired) electrons. The summed E-state index contributed by atoms with van der Waals surface area (Å²) in [6.07, 6.45) is -2.60. The molecular weight excluding hydrogens is 305 g/mol. The molecule has 2 heterocycles. The van der Waals surface area contributed by atoms with Crippen molar-refractivity contribution in [1.82, 2.24) is 14.3 Å². The number of hydrogen-bond donors (Lipinski definition) is 1. The Hall–Kier alpha value is -1.74. The fraction of sp³-hybridized carbons (Fsp3) is 0.111. The van der Waals surface area contributed by atoms with Gasteiger partial charge in [0.25, 0.3) is 5.91 Å². The van der Waals surface area contributed by atoms with E-state index in [0.717, 1.165) is 17.7 Å². The standard InChI is InChI=1S/C9H4ClF3N4OS/c10-4-1-5(9(11,12)13)6(14-2-4)7(18)17-8-15-3-16-19-8/h1-3H,(H,15,16,17,18). The maximum Gasteiger partial charge on any atom is 0.418 e. The molecule has 19 heavy (non-hydrogen) atoms. The average Bonchev–Trinajstić information content (AvgIpc) is 2.80. The third-order valence-electron chi connectivity index (χ3n) is 1.96. The first-order valence-electron chi connectivity index (χ1n) is 4.68. The molecule has 2 rings (SSSR count). The van der Waals surface area contributed by atoms with E-state index in [-0.39, 0.29) is 10.2 Å². The lowest BCUT2D eigenvalue weighted by Crippen LogP contribution is -2.20. The summed E-state index contributed by atoms with van der Waals surface area (Å²) in [5, 5.41) is 2.04. The normalized spacial score (nSPS) is 11.4. The highest BCUT2D eigenvalue weighted by Gasteiger charge is 2.36. The summed E-state index contributed by atoms with van der Waals surface area (Å²) in [5.74, 6) is -1.03. The van der Waals surface area contributed by atoms with Crippen molar-refractivity contribution < 1.29 is 18.0 Å². The van der Waals surface area contributed by atoms with Crippen molar-refractivity contribution in [2.45, 2.75) is 6.18 Å². The van der Waals surface area contributed by atoms with Gasteiger partial charge in [-0.25, -0.2) is 9.97 Å². The number of alkyl halides is 3. The molecule has 10 heteroatoms. The van der Waals surface area contributed by atoms with E-state index in [1.807, 2.05) is 0 Å². The molecule has 0 aromatic carbocycles. The van der Waals surface area contributed by atoms with Gasteiger partial charge in [0.05, 0.1) is 10.6 Å². The topological polar surface area (TPSA) is 67.8 Å². The van der Waals surface area contributed by atoms with Gasteiger partial charge in [-0.2, -0.15) is 17.5 Å². The number of carbonyl (C=O) groups excluding carboxylic acids is 1. The number of halogens is 4. The van der Waals surface area contributed by atoms with Crippen LogP contribution >= 0.6 is 23.1 Å². The lowest BCUT2D eigenvalue weighted by Gasteiger charge is -2.11. The van der Waals surface area contributed by atoms with Crippen molar-refractivity contribution in [3.8, 4) is 0 Å². The van der Waals surface area contributed by atoms with Crippen LogP contribution in [0.15, 0.2) is 18.6 Å². The van der Waals surface area contributed by atoms with Crippen LogP contribution in [0.5, 0.6) is 0 Å². The molecule has 100 valence electrons. The summed E-state index contributed by atoms with van der Waals surface area (Å²) in [5.41, 5.74) is -1.98. The summed E-state index contributed by atoms with van der Waals surface area (Å²) < 4.78 is 41.9. The minimum absolute atomic E-state index is 0.0786. The minimum atomic E-state index is -4.73. The molecule has 2 aromatic heterocycles. The molecule has 0 aliphatic carbocycles. The number of carbonyl (C=O) groups is 1. The molecule has 0 bridgehead atoms. The Morgan fingerprint density at radius 2 is 2.11 bits per heavy atom. The van der Waals surface area contributed by atoms with E-state index < -0.39 is 23.3 Å². The average molecular weight is 309 g/mol. The number of anilines is 1. The van der Waals surface area contributed by atoms with Gasteiger partial charge < -0.3 is 0 Å². The monoisotopic (exact) mass is 308 g/mol. The highest BCUT2D eigenvalue weighted by molar-refractivity contribution is 7.09. The Morgan fingerprint density at radius 3 is 2.68 bits per heavy atom. The fourth-order valence-electron chi connectivity index (χ4n) is 1.22. The molecule has 0 aliphatic heterocycles. The summed E-state index contributed by atoms with van der Waals surface area (Å²) in [6.45, 7) is 0. The Labute approximate surface area is 113 Å². The lowest BCUT2D eigenvalue weighted by atomic mass is 10.2. The summed E-state index contributed by atoms with van der Waals surface area (Å²) in [7, 11) is 0. The van der Waals surface area contributed by atoms with Crippen LogP contribution in [0.25, 0.3) is 0 Å². The molecule has 0 saturated heterocycles. The van der Waals surface area contributed by atoms with Crippen LogP contribution in [0.1, 0.15) is 16.1 Å². The van der Waals surface area contributed by atoms with Gasteiger partial charge in [0, 0.05) is 17.7 Å². The number of pyridine rings is 1. The zero-order valence-corrected chi connectivity index (χ0v) is 10.5. The SMILES string of the molecule is O=C(Nc1ncns1)c1ncc(Cl)cc1C(F)(F)F. The summed E-state index contributed by atoms with van der Waals surface area (Å²) in [6, 6.07) is 0.642. The summed E-state index contributed by atoms with van der Waals surface area (Å²) in [4.78, 5) is 18.8. The van der Waals surface area contributed by atoms with E-state index >= 15 is 0 Å². The van der Waals surface area contributed by atoms with E-state index in [1.165, 1.54) is 6.33 Å². The molecule has 0 saturated carbocycles. The third-order valence-corrected chi connectivity index (χ3v) is 2.74. The Bertz CT molecular complexity index is 602. The van der Waals surface area contributed by atoms with Gasteiger partial charge in [-0.3, -0.25) is 10.1 Å². The van der Waals surface area contributed by atoms with E-state index in [4.69, 9.17) is 11.6 Å². The van der Waals surface area contributed by atoms with Crippen molar-refractivity contribution in [3.05, 3.63) is 34.9 Å². The number of aromatic nitrogens is 3. The smallest absolute Gasteiger partial charge is 0.295 e. The number of nitrogens with one attached hydrogen (secondary N) is 1. The van der Waals surface area contributed by atoms with Gasteiger partial charge in [0.1, 0.15) is 12.0 Å². The molecule has 5 nitrogen and oxygen atoms in total. The molecule has 0 aliphatic rings. The Kier molecular flexibility index (Phi) is 3.67. The van der Waals surface area contributed by atoms with Crippen molar-refractivity contribution in [1.29, 1.82) is 0 Å². The number of hydrogen-bond acceptors (Lipinski definition) is 5. The zero-order valence-electron chi connectivity index (χ0n) is 8.90. The largest absolute Gasteiger partial charge is 0.418 e. The summed E-state index contributed by atoms with van der Waals surface area (Å²) >= 11 is 6.29. The van der Waals surface area contributed by atoms with Gasteiger partial charge in [0.2, 0.25) is 5.13 Å². The first-order valence-corrected chi connectivity index (χ1v) is 5.84. The number of amides is 1. The van der Waals surface area contributed by atoms with Crippen LogP contribution in [-0.2, 0) is 6.18 Å². The highest BCUT2D eigenvalue weighted by Crippen LogP contribution is 2.33. The highest BCUT2D eigenvalue weighted by atomic mass is 35.5. The quantitative estimate of drug-likeness (QED) is 0.926. The maximum absolute atomic E-state index is 12.8. The second kappa shape index (κ2) is 5.10. The molecule has 2 aromatic rings. The van der Waals surface area contributed by atoms with Gasteiger partial charge >= 0.3 is 6.18 Å². The predicted octanol–water partition coefficient (Wildman–Crippen LogP) is 2.86. The predicted molar refractivity (Wildman–Crippen MR) is 62.1 cm³/mol. The van der Waals surface area contributed by atoms with Crippen molar-refractivity contribution in [3.63, 3.8) is 0 Å². The maximum atomic E-state index is 12.8. The Balaban J connectivity index is 2.36. The van der Waals surface area contributed by atoms with Crippen molar-refractivity contribution in [2.75, 3.05) is 5.32 Å². The van der Waals surface area contributed by atoms with Crippen LogP contribution in [0, 0.1) is 0 Å². The molecule has 0 spiro atoms. The number of nitrogens with zero attached hydrogens (tertiary/aromatic N) is 3. The zero-order chi connectivity index (χ0) is 14.0. The van der Waals surface area contributed by atoms with Crippen molar-refractivity contribution in [2.24, 2.45) is 0 Å². The molecule has 0 unspecified atom stereocenters. The van der Waals surface area contributed by atoms with Gasteiger partial charge in [-0.15, -0.1) is 0 Å². The molecule has 1 amide bonds. The molecule has 0 atom stereocenters. The van der Waals surface area contributed by atoms with E-state index in [1.54, 1.807) is 0 Å². The molecule has 1 N–H and O–H groups in total. The minimum Gasteiger partial charge on any atom is -0.295 e. The van der Waals surface area contributed by atoms with Gasteiger partial charge in [-0.1, -0.05) is 11.6 Å². The van der Waals surface area contributed by atoms with Gasteiger partial charge in [0.15, 0.2) is 0 Å². The lowest BCUT2D eigenvalue weighted by molar-refractivity contribution is -0.138. The molecule has 0 fully saturated rings. The third kappa shape index (κ3) is 3.18. The molecular formula is C9H4ClF3N4OS. The van der Waals surface area contributed by atoms with E-state index in [9.17, 15) is 18.0 Å². The Morgan fingerprint density at radius 1 is 1.37 bits per heavy atom. The van der Waals surface area contributed by atoms with Crippen LogP contribution in [0.4, 0.5) is 18.3 Å². The van der Waals surface area contributed by atoms with Crippen LogP contribution in [0.2, 0.25) is 5.02 Å².